The third-order valence-corrected chi connectivity index (χ3v) is 5.98. The molecule has 3 heterocycles. The molecular formula is C21H31N5O3. The molecule has 0 aromatic carbocycles. The number of amides is 2. The van der Waals surface area contributed by atoms with Crippen LogP contribution in [-0.2, 0) is 11.2 Å². The predicted molar refractivity (Wildman–Crippen MR) is 109 cm³/mol. The van der Waals surface area contributed by atoms with Gasteiger partial charge in [0.2, 0.25) is 5.91 Å². The van der Waals surface area contributed by atoms with Crippen LogP contribution in [0.1, 0.15) is 72.1 Å². The number of aromatic amines is 1. The molecule has 29 heavy (non-hydrogen) atoms. The fourth-order valence-electron chi connectivity index (χ4n) is 4.13. The summed E-state index contributed by atoms with van der Waals surface area (Å²) in [5.74, 6) is 1.20. The zero-order chi connectivity index (χ0) is 21.0. The van der Waals surface area contributed by atoms with E-state index in [1.54, 1.807) is 6.20 Å². The largest absolute Gasteiger partial charge is 0.361 e. The topological polar surface area (TPSA) is 95.3 Å². The number of hydrogen-bond acceptors (Lipinski definition) is 5. The summed E-state index contributed by atoms with van der Waals surface area (Å²) in [7, 11) is 0. The number of aryl methyl sites for hydroxylation is 2. The number of nitrogens with zero attached hydrogens (tertiary/aromatic N) is 4. The van der Waals surface area contributed by atoms with Crippen LogP contribution in [-0.4, -0.2) is 63.1 Å². The lowest BCUT2D eigenvalue weighted by molar-refractivity contribution is -0.132. The molecule has 2 aromatic heterocycles. The van der Waals surface area contributed by atoms with E-state index in [-0.39, 0.29) is 17.7 Å². The van der Waals surface area contributed by atoms with E-state index in [9.17, 15) is 9.59 Å². The van der Waals surface area contributed by atoms with Gasteiger partial charge in [-0.25, -0.2) is 0 Å². The second kappa shape index (κ2) is 9.24. The summed E-state index contributed by atoms with van der Waals surface area (Å²) in [4.78, 5) is 29.1. The van der Waals surface area contributed by atoms with Crippen LogP contribution in [0.25, 0.3) is 0 Å². The van der Waals surface area contributed by atoms with Gasteiger partial charge in [0.25, 0.3) is 5.91 Å². The van der Waals surface area contributed by atoms with E-state index in [0.29, 0.717) is 44.6 Å². The van der Waals surface area contributed by atoms with E-state index >= 15 is 0 Å². The molecule has 1 aliphatic heterocycles. The Bertz CT molecular complexity index is 825. The lowest BCUT2D eigenvalue weighted by atomic mass is 9.90. The number of likely N-dealkylation sites (tertiary alicyclic amines) is 1. The number of aromatic nitrogens is 3. The molecule has 1 fully saturated rings. The van der Waals surface area contributed by atoms with Gasteiger partial charge in [0.15, 0.2) is 0 Å². The van der Waals surface area contributed by atoms with E-state index in [1.807, 2.05) is 37.5 Å². The Labute approximate surface area is 171 Å². The van der Waals surface area contributed by atoms with Gasteiger partial charge in [-0.1, -0.05) is 5.16 Å². The molecule has 2 aromatic rings. The van der Waals surface area contributed by atoms with Crippen LogP contribution in [0.5, 0.6) is 0 Å². The van der Waals surface area contributed by atoms with Crippen molar-refractivity contribution in [2.45, 2.75) is 59.3 Å². The van der Waals surface area contributed by atoms with Crippen molar-refractivity contribution in [3.63, 3.8) is 0 Å². The Balaban J connectivity index is 1.56. The molecule has 0 radical (unpaired) electrons. The molecule has 3 rings (SSSR count). The Morgan fingerprint density at radius 3 is 2.52 bits per heavy atom. The third-order valence-electron chi connectivity index (χ3n) is 5.98. The molecule has 1 aliphatic rings. The SMILES string of the molecule is CCN(CC)C(=O)c1cn[nH]c1C1CCN(C(=O)CCc2c(C)noc2C)CC1. The second-order valence-electron chi connectivity index (χ2n) is 7.63. The maximum atomic E-state index is 12.7. The second-order valence-corrected chi connectivity index (χ2v) is 7.63. The van der Waals surface area contributed by atoms with Gasteiger partial charge >= 0.3 is 0 Å². The van der Waals surface area contributed by atoms with Gasteiger partial charge in [-0.15, -0.1) is 0 Å². The maximum Gasteiger partial charge on any atom is 0.257 e. The van der Waals surface area contributed by atoms with Crippen LogP contribution in [0.3, 0.4) is 0 Å². The molecule has 158 valence electrons. The maximum absolute atomic E-state index is 12.7. The van der Waals surface area contributed by atoms with E-state index in [2.05, 4.69) is 15.4 Å². The van der Waals surface area contributed by atoms with Gasteiger partial charge in [0, 0.05) is 44.1 Å². The van der Waals surface area contributed by atoms with Gasteiger partial charge in [0.1, 0.15) is 5.76 Å². The predicted octanol–water partition coefficient (Wildman–Crippen LogP) is 2.84. The summed E-state index contributed by atoms with van der Waals surface area (Å²) in [6.07, 6.45) is 4.42. The molecule has 8 nitrogen and oxygen atoms in total. The highest BCUT2D eigenvalue weighted by Crippen LogP contribution is 2.30. The van der Waals surface area contributed by atoms with Crippen LogP contribution in [0, 0.1) is 13.8 Å². The zero-order valence-corrected chi connectivity index (χ0v) is 17.8. The molecular weight excluding hydrogens is 370 g/mol. The van der Waals surface area contributed by atoms with Crippen LogP contribution in [0.2, 0.25) is 0 Å². The smallest absolute Gasteiger partial charge is 0.257 e. The lowest BCUT2D eigenvalue weighted by Crippen LogP contribution is -2.38. The van der Waals surface area contributed by atoms with E-state index in [0.717, 1.165) is 35.6 Å². The van der Waals surface area contributed by atoms with Crippen molar-refractivity contribution < 1.29 is 14.1 Å². The van der Waals surface area contributed by atoms with Gasteiger partial charge in [-0.3, -0.25) is 14.7 Å². The standard InChI is InChI=1S/C21H31N5O3/c1-5-25(6-2)21(28)18-13-22-23-20(18)16-9-11-26(12-10-16)19(27)8-7-17-14(3)24-29-15(17)4/h13,16H,5-12H2,1-4H3,(H,22,23). The normalized spacial score (nSPS) is 15.0. The van der Waals surface area contributed by atoms with Crippen molar-refractivity contribution in [3.05, 3.63) is 34.5 Å². The monoisotopic (exact) mass is 401 g/mol. The molecule has 0 atom stereocenters. The highest BCUT2D eigenvalue weighted by Gasteiger charge is 2.29. The van der Waals surface area contributed by atoms with Gasteiger partial charge < -0.3 is 14.3 Å². The lowest BCUT2D eigenvalue weighted by Gasteiger charge is -2.32. The van der Waals surface area contributed by atoms with Crippen LogP contribution < -0.4 is 0 Å². The number of nitrogens with one attached hydrogen (secondary N) is 1. The number of rotatable bonds is 7. The van der Waals surface area contributed by atoms with Crippen LogP contribution >= 0.6 is 0 Å². The quantitative estimate of drug-likeness (QED) is 0.770. The first-order chi connectivity index (χ1) is 14.0. The Morgan fingerprint density at radius 2 is 1.93 bits per heavy atom. The van der Waals surface area contributed by atoms with Crippen molar-refractivity contribution in [3.8, 4) is 0 Å². The molecule has 8 heteroatoms. The number of piperidine rings is 1. The summed E-state index contributed by atoms with van der Waals surface area (Å²) in [6.45, 7) is 10.5. The van der Waals surface area contributed by atoms with E-state index in [1.165, 1.54) is 0 Å². The summed E-state index contributed by atoms with van der Waals surface area (Å²) >= 11 is 0. The van der Waals surface area contributed by atoms with Crippen molar-refractivity contribution >= 4 is 11.8 Å². The molecule has 0 bridgehead atoms. The highest BCUT2D eigenvalue weighted by atomic mass is 16.5. The fraction of sp³-hybridized carbons (Fsp3) is 0.619. The van der Waals surface area contributed by atoms with E-state index < -0.39 is 0 Å². The first kappa shape index (κ1) is 21.1. The highest BCUT2D eigenvalue weighted by molar-refractivity contribution is 5.95. The summed E-state index contributed by atoms with van der Waals surface area (Å²) < 4.78 is 5.18. The molecule has 1 saturated heterocycles. The molecule has 1 N–H and O–H groups in total. The minimum atomic E-state index is 0.0247. The Morgan fingerprint density at radius 1 is 1.24 bits per heavy atom. The first-order valence-electron chi connectivity index (χ1n) is 10.5. The number of carbonyl (C=O) groups excluding carboxylic acids is 2. The minimum Gasteiger partial charge on any atom is -0.361 e. The van der Waals surface area contributed by atoms with Crippen LogP contribution in [0.4, 0.5) is 0 Å². The Kier molecular flexibility index (Phi) is 6.71. The summed E-state index contributed by atoms with van der Waals surface area (Å²) in [5, 5.41) is 11.1. The Hall–Kier alpha value is -2.64. The number of carbonyl (C=O) groups is 2. The fourth-order valence-corrected chi connectivity index (χ4v) is 4.13. The third kappa shape index (κ3) is 4.52. The molecule has 0 saturated carbocycles. The molecule has 0 spiro atoms. The van der Waals surface area contributed by atoms with Crippen molar-refractivity contribution in [2.24, 2.45) is 0 Å². The van der Waals surface area contributed by atoms with E-state index in [4.69, 9.17) is 4.52 Å². The van der Waals surface area contributed by atoms with Gasteiger partial charge in [-0.2, -0.15) is 5.10 Å². The average Bonchev–Trinajstić information content (AvgIpc) is 3.34. The van der Waals surface area contributed by atoms with Crippen molar-refractivity contribution in [1.82, 2.24) is 25.2 Å². The average molecular weight is 402 g/mol. The van der Waals surface area contributed by atoms with Gasteiger partial charge in [-0.05, 0) is 47.0 Å². The number of H-pyrrole nitrogens is 1. The first-order valence-corrected chi connectivity index (χ1v) is 10.5. The van der Waals surface area contributed by atoms with Crippen molar-refractivity contribution in [1.29, 1.82) is 0 Å². The van der Waals surface area contributed by atoms with Gasteiger partial charge in [0.05, 0.1) is 23.1 Å². The molecule has 2 amide bonds. The summed E-state index contributed by atoms with van der Waals surface area (Å²) in [6, 6.07) is 0. The molecule has 0 aliphatic carbocycles. The van der Waals surface area contributed by atoms with Crippen LogP contribution in [0.15, 0.2) is 10.7 Å². The zero-order valence-electron chi connectivity index (χ0n) is 17.8. The molecule has 0 unspecified atom stereocenters. The number of hydrogen-bond donors (Lipinski definition) is 1. The minimum absolute atomic E-state index is 0.0247. The van der Waals surface area contributed by atoms with Crippen molar-refractivity contribution in [2.75, 3.05) is 26.2 Å². The summed E-state index contributed by atoms with van der Waals surface area (Å²) in [5.41, 5.74) is 3.46.